The minimum Gasteiger partial charge on any atom is -0.338 e. The number of nitrogens with zero attached hydrogens (tertiary/aromatic N) is 4. The highest BCUT2D eigenvalue weighted by Crippen LogP contribution is 2.33. The molecule has 3 aromatic heterocycles. The first-order valence-corrected chi connectivity index (χ1v) is 10.2. The summed E-state index contributed by atoms with van der Waals surface area (Å²) >= 11 is 0. The number of aromatic nitrogens is 4. The lowest BCUT2D eigenvalue weighted by Crippen LogP contribution is -2.28. The molecule has 3 N–H and O–H groups in total. The molecule has 0 bridgehead atoms. The number of carbonyl (C=O) groups is 2. The van der Waals surface area contributed by atoms with Gasteiger partial charge in [0.15, 0.2) is 0 Å². The third-order valence-electron chi connectivity index (χ3n) is 4.98. The van der Waals surface area contributed by atoms with E-state index < -0.39 is 0 Å². The summed E-state index contributed by atoms with van der Waals surface area (Å²) in [6, 6.07) is 12.9. The van der Waals surface area contributed by atoms with Gasteiger partial charge in [0.1, 0.15) is 5.82 Å². The van der Waals surface area contributed by atoms with Crippen LogP contribution in [-0.2, 0) is 4.79 Å². The fourth-order valence-electron chi connectivity index (χ4n) is 3.31. The summed E-state index contributed by atoms with van der Waals surface area (Å²) in [4.78, 5) is 41.9. The molecular weight excluding hydrogens is 406 g/mol. The maximum atomic E-state index is 12.0. The average molecular weight is 429 g/mol. The van der Waals surface area contributed by atoms with E-state index in [1.165, 1.54) is 11.8 Å². The second kappa shape index (κ2) is 8.84. The van der Waals surface area contributed by atoms with E-state index in [1.807, 2.05) is 43.3 Å². The number of anilines is 2. The molecule has 162 valence electrons. The smallest absolute Gasteiger partial charge is 0.321 e. The van der Waals surface area contributed by atoms with E-state index in [2.05, 4.69) is 25.6 Å². The summed E-state index contributed by atoms with van der Waals surface area (Å²) in [7, 11) is 1.68. The predicted molar refractivity (Wildman–Crippen MR) is 124 cm³/mol. The van der Waals surface area contributed by atoms with Crippen LogP contribution in [0.2, 0.25) is 0 Å². The summed E-state index contributed by atoms with van der Waals surface area (Å²) in [6.45, 7) is 3.83. The molecular formula is C23H23N7O2. The number of nitrogens with one attached hydrogen (secondary N) is 3. The Morgan fingerprint density at radius 2 is 1.94 bits per heavy atom. The van der Waals surface area contributed by atoms with Crippen molar-refractivity contribution < 1.29 is 9.59 Å². The molecule has 32 heavy (non-hydrogen) atoms. The van der Waals surface area contributed by atoms with E-state index in [9.17, 15) is 9.59 Å². The van der Waals surface area contributed by atoms with Gasteiger partial charge in [-0.2, -0.15) is 0 Å². The maximum Gasteiger partial charge on any atom is 0.321 e. The summed E-state index contributed by atoms with van der Waals surface area (Å²) in [5.41, 5.74) is 4.67. The van der Waals surface area contributed by atoms with Crippen LogP contribution in [0, 0.1) is 0 Å². The van der Waals surface area contributed by atoms with Crippen molar-refractivity contribution in [3.8, 4) is 22.4 Å². The number of hydrogen-bond acceptors (Lipinski definition) is 5. The van der Waals surface area contributed by atoms with Crippen molar-refractivity contribution in [2.75, 3.05) is 23.8 Å². The Labute approximate surface area is 184 Å². The number of amides is 3. The molecule has 4 aromatic rings. The molecule has 0 aliphatic heterocycles. The van der Waals surface area contributed by atoms with Gasteiger partial charge in [0.2, 0.25) is 11.9 Å². The fourth-order valence-corrected chi connectivity index (χ4v) is 3.31. The molecule has 0 aliphatic rings. The van der Waals surface area contributed by atoms with Gasteiger partial charge in [-0.05, 0) is 42.8 Å². The molecule has 1 aromatic carbocycles. The van der Waals surface area contributed by atoms with Gasteiger partial charge in [0.25, 0.3) is 0 Å². The first kappa shape index (κ1) is 21.0. The highest BCUT2D eigenvalue weighted by atomic mass is 16.2. The SMILES string of the molecule is CCNC(=O)Nc1nc2cc(-c3cccnc3)cc(-c3cccc(N(C)C(C)=O)n3)c2[nH]1. The standard InChI is InChI=1S/C23H23N7O2/c1-4-25-23(32)29-22-27-19-12-16(15-7-6-10-24-13-15)11-17(21(19)28-22)18-8-5-9-20(26-18)30(3)14(2)31/h5-13H,4H2,1-3H3,(H3,25,27,28,29,32). The van der Waals surface area contributed by atoms with Crippen molar-refractivity contribution in [2.45, 2.75) is 13.8 Å². The Balaban J connectivity index is 1.87. The van der Waals surface area contributed by atoms with Gasteiger partial charge in [0.05, 0.1) is 16.7 Å². The van der Waals surface area contributed by atoms with Crippen LogP contribution >= 0.6 is 0 Å². The summed E-state index contributed by atoms with van der Waals surface area (Å²) in [6.07, 6.45) is 3.49. The number of H-pyrrole nitrogens is 1. The van der Waals surface area contributed by atoms with Crippen molar-refractivity contribution >= 4 is 34.7 Å². The van der Waals surface area contributed by atoms with Crippen LogP contribution in [0.4, 0.5) is 16.6 Å². The van der Waals surface area contributed by atoms with Crippen LogP contribution in [-0.4, -0.2) is 45.5 Å². The Morgan fingerprint density at radius 1 is 1.09 bits per heavy atom. The van der Waals surface area contributed by atoms with Crippen LogP contribution in [0.5, 0.6) is 0 Å². The molecule has 0 atom stereocenters. The molecule has 4 rings (SSSR count). The van der Waals surface area contributed by atoms with Gasteiger partial charge in [-0.15, -0.1) is 0 Å². The second-order valence-electron chi connectivity index (χ2n) is 7.19. The van der Waals surface area contributed by atoms with Crippen LogP contribution < -0.4 is 15.5 Å². The summed E-state index contributed by atoms with van der Waals surface area (Å²) < 4.78 is 0. The predicted octanol–water partition coefficient (Wildman–Crippen LogP) is 3.81. The van der Waals surface area contributed by atoms with Crippen molar-refractivity contribution in [1.29, 1.82) is 0 Å². The van der Waals surface area contributed by atoms with E-state index in [1.54, 1.807) is 25.5 Å². The average Bonchev–Trinajstić information content (AvgIpc) is 3.20. The molecule has 3 heterocycles. The molecule has 0 saturated heterocycles. The lowest BCUT2D eigenvalue weighted by atomic mass is 10.0. The highest BCUT2D eigenvalue weighted by Gasteiger charge is 2.16. The number of hydrogen-bond donors (Lipinski definition) is 3. The molecule has 9 heteroatoms. The van der Waals surface area contributed by atoms with Gasteiger partial charge in [0, 0.05) is 44.0 Å². The molecule has 9 nitrogen and oxygen atoms in total. The number of aromatic amines is 1. The van der Waals surface area contributed by atoms with Gasteiger partial charge in [-0.3, -0.25) is 15.1 Å². The number of imidazole rings is 1. The highest BCUT2D eigenvalue weighted by molar-refractivity contribution is 5.98. The van der Waals surface area contributed by atoms with Crippen molar-refractivity contribution in [1.82, 2.24) is 25.3 Å². The Morgan fingerprint density at radius 3 is 2.66 bits per heavy atom. The van der Waals surface area contributed by atoms with E-state index in [4.69, 9.17) is 4.98 Å². The summed E-state index contributed by atoms with van der Waals surface area (Å²) in [5.74, 6) is 0.751. The first-order chi connectivity index (χ1) is 15.5. The van der Waals surface area contributed by atoms with Crippen LogP contribution in [0.25, 0.3) is 33.4 Å². The third kappa shape index (κ3) is 4.27. The minimum atomic E-state index is -0.344. The zero-order valence-corrected chi connectivity index (χ0v) is 18.0. The van der Waals surface area contributed by atoms with Gasteiger partial charge in [-0.25, -0.2) is 14.8 Å². The maximum absolute atomic E-state index is 12.0. The topological polar surface area (TPSA) is 116 Å². The van der Waals surface area contributed by atoms with Crippen LogP contribution in [0.15, 0.2) is 54.9 Å². The minimum absolute atomic E-state index is 0.112. The number of benzene rings is 1. The van der Waals surface area contributed by atoms with Crippen LogP contribution in [0.1, 0.15) is 13.8 Å². The molecule has 0 radical (unpaired) electrons. The van der Waals surface area contributed by atoms with Gasteiger partial charge >= 0.3 is 6.03 Å². The number of urea groups is 1. The quantitative estimate of drug-likeness (QED) is 0.446. The molecule has 0 saturated carbocycles. The zero-order valence-electron chi connectivity index (χ0n) is 18.0. The molecule has 0 spiro atoms. The van der Waals surface area contributed by atoms with E-state index in [0.717, 1.165) is 22.2 Å². The lowest BCUT2D eigenvalue weighted by Gasteiger charge is -2.15. The zero-order chi connectivity index (χ0) is 22.7. The number of fused-ring (bicyclic) bond motifs is 1. The Hall–Kier alpha value is -4.27. The van der Waals surface area contributed by atoms with Crippen molar-refractivity contribution in [3.63, 3.8) is 0 Å². The lowest BCUT2D eigenvalue weighted by molar-refractivity contribution is -0.116. The number of rotatable bonds is 5. The van der Waals surface area contributed by atoms with Crippen molar-refractivity contribution in [3.05, 3.63) is 54.9 Å². The second-order valence-corrected chi connectivity index (χ2v) is 7.19. The molecule has 3 amide bonds. The first-order valence-electron chi connectivity index (χ1n) is 10.2. The summed E-state index contributed by atoms with van der Waals surface area (Å²) in [5, 5.41) is 5.40. The van der Waals surface area contributed by atoms with Gasteiger partial charge < -0.3 is 15.2 Å². The molecule has 0 aliphatic carbocycles. The Bertz CT molecular complexity index is 1280. The molecule has 0 fully saturated rings. The Kier molecular flexibility index (Phi) is 5.80. The molecule has 0 unspecified atom stereocenters. The van der Waals surface area contributed by atoms with Crippen LogP contribution in [0.3, 0.4) is 0 Å². The monoisotopic (exact) mass is 429 g/mol. The van der Waals surface area contributed by atoms with Gasteiger partial charge in [-0.1, -0.05) is 12.1 Å². The van der Waals surface area contributed by atoms with E-state index in [-0.39, 0.29) is 11.9 Å². The largest absolute Gasteiger partial charge is 0.338 e. The normalized spacial score (nSPS) is 10.7. The van der Waals surface area contributed by atoms with E-state index in [0.29, 0.717) is 29.5 Å². The van der Waals surface area contributed by atoms with Crippen molar-refractivity contribution in [2.24, 2.45) is 0 Å². The number of pyridine rings is 2. The fraction of sp³-hybridized carbons (Fsp3) is 0.174. The van der Waals surface area contributed by atoms with E-state index >= 15 is 0 Å². The third-order valence-corrected chi connectivity index (χ3v) is 4.98. The number of carbonyl (C=O) groups excluding carboxylic acids is 2.